The van der Waals surface area contributed by atoms with Crippen molar-refractivity contribution < 1.29 is 27.9 Å². The standard InChI is InChI=1S/C31H34N4O6S2/c1-21-20-42-29(33-21)19-35(2)31(38)24-12-7-11-23(16-24)30(37)34-27(15-22-9-5-4-6-10-22)28(36)18-32-43(39,40)26-14-8-13-25(17-26)41-3/h4-14,16-17,20,27-28,32,36H,15,18-19H2,1-3H3,(H,34,37)/t27-,28+/m0/s1. The van der Waals surface area contributed by atoms with Crippen LogP contribution in [0.5, 0.6) is 5.75 Å². The van der Waals surface area contributed by atoms with Gasteiger partial charge in [0.15, 0.2) is 0 Å². The number of benzene rings is 3. The van der Waals surface area contributed by atoms with Crippen LogP contribution in [-0.4, -0.2) is 68.1 Å². The molecule has 0 fully saturated rings. The number of hydrogen-bond acceptors (Lipinski definition) is 8. The van der Waals surface area contributed by atoms with Crippen molar-refractivity contribution in [3.8, 4) is 5.75 Å². The van der Waals surface area contributed by atoms with E-state index in [9.17, 15) is 23.1 Å². The predicted octanol–water partition coefficient (Wildman–Crippen LogP) is 3.41. The van der Waals surface area contributed by atoms with Crippen LogP contribution in [0, 0.1) is 6.92 Å². The summed E-state index contributed by atoms with van der Waals surface area (Å²) in [6.45, 7) is 1.88. The third kappa shape index (κ3) is 8.71. The van der Waals surface area contributed by atoms with E-state index in [-0.39, 0.29) is 29.3 Å². The molecule has 3 aromatic carbocycles. The van der Waals surface area contributed by atoms with E-state index in [1.807, 2.05) is 42.6 Å². The Kier molecular flexibility index (Phi) is 10.6. The first-order valence-electron chi connectivity index (χ1n) is 13.5. The van der Waals surface area contributed by atoms with Crippen LogP contribution in [0.15, 0.2) is 89.1 Å². The van der Waals surface area contributed by atoms with Gasteiger partial charge in [0.25, 0.3) is 11.8 Å². The number of carbonyl (C=O) groups excluding carboxylic acids is 2. The van der Waals surface area contributed by atoms with Crippen LogP contribution < -0.4 is 14.8 Å². The summed E-state index contributed by atoms with van der Waals surface area (Å²) in [6, 6.07) is 20.7. The number of aliphatic hydroxyl groups is 1. The number of thiazole rings is 1. The Hall–Kier alpha value is -4.10. The fourth-order valence-corrected chi connectivity index (χ4v) is 6.27. The number of nitrogens with one attached hydrogen (secondary N) is 2. The van der Waals surface area contributed by atoms with E-state index in [0.717, 1.165) is 16.3 Å². The van der Waals surface area contributed by atoms with Gasteiger partial charge in [-0.05, 0) is 49.2 Å². The molecular weight excluding hydrogens is 588 g/mol. The van der Waals surface area contributed by atoms with Crippen LogP contribution in [0.2, 0.25) is 0 Å². The van der Waals surface area contributed by atoms with Crippen LogP contribution in [0.3, 0.4) is 0 Å². The zero-order valence-electron chi connectivity index (χ0n) is 24.1. The quantitative estimate of drug-likeness (QED) is 0.208. The second-order valence-corrected chi connectivity index (χ2v) is 12.7. The van der Waals surface area contributed by atoms with E-state index in [4.69, 9.17) is 4.74 Å². The lowest BCUT2D eigenvalue weighted by molar-refractivity contribution is 0.0785. The topological polar surface area (TPSA) is 138 Å². The zero-order valence-corrected chi connectivity index (χ0v) is 25.7. The van der Waals surface area contributed by atoms with Gasteiger partial charge >= 0.3 is 0 Å². The number of hydrogen-bond donors (Lipinski definition) is 3. The molecule has 0 unspecified atom stereocenters. The number of sulfonamides is 1. The first-order chi connectivity index (χ1) is 20.6. The number of rotatable bonds is 13. The van der Waals surface area contributed by atoms with Crippen molar-refractivity contribution in [3.63, 3.8) is 0 Å². The number of nitrogens with zero attached hydrogens (tertiary/aromatic N) is 2. The molecule has 0 bridgehead atoms. The highest BCUT2D eigenvalue weighted by Gasteiger charge is 2.26. The summed E-state index contributed by atoms with van der Waals surface area (Å²) in [4.78, 5) is 32.4. The predicted molar refractivity (Wildman–Crippen MR) is 165 cm³/mol. The van der Waals surface area contributed by atoms with E-state index in [1.165, 1.54) is 41.5 Å². The molecule has 4 rings (SSSR count). The molecule has 43 heavy (non-hydrogen) atoms. The van der Waals surface area contributed by atoms with Crippen molar-refractivity contribution in [1.82, 2.24) is 19.9 Å². The third-order valence-electron chi connectivity index (χ3n) is 6.67. The number of aromatic nitrogens is 1. The van der Waals surface area contributed by atoms with Crippen molar-refractivity contribution >= 4 is 33.2 Å². The van der Waals surface area contributed by atoms with Crippen LogP contribution in [0.1, 0.15) is 37.0 Å². The maximum Gasteiger partial charge on any atom is 0.253 e. The van der Waals surface area contributed by atoms with Gasteiger partial charge in [-0.3, -0.25) is 9.59 Å². The molecule has 1 aromatic heterocycles. The highest BCUT2D eigenvalue weighted by molar-refractivity contribution is 7.89. The molecule has 0 aliphatic rings. The highest BCUT2D eigenvalue weighted by atomic mass is 32.2. The third-order valence-corrected chi connectivity index (χ3v) is 9.04. The molecule has 2 atom stereocenters. The molecule has 3 N–H and O–H groups in total. The minimum absolute atomic E-state index is 0.0147. The Morgan fingerprint density at radius 2 is 1.74 bits per heavy atom. The van der Waals surface area contributed by atoms with Gasteiger partial charge in [-0.2, -0.15) is 0 Å². The van der Waals surface area contributed by atoms with Gasteiger partial charge < -0.3 is 20.1 Å². The molecule has 4 aromatic rings. The summed E-state index contributed by atoms with van der Waals surface area (Å²) in [7, 11) is -0.859. The summed E-state index contributed by atoms with van der Waals surface area (Å²) in [5.74, 6) is -0.401. The number of aliphatic hydroxyl groups excluding tert-OH is 1. The van der Waals surface area contributed by atoms with E-state index < -0.39 is 28.1 Å². The molecule has 0 saturated heterocycles. The Morgan fingerprint density at radius 1 is 1.02 bits per heavy atom. The second kappa shape index (κ2) is 14.4. The minimum Gasteiger partial charge on any atom is -0.497 e. The summed E-state index contributed by atoms with van der Waals surface area (Å²) < 4.78 is 33.3. The largest absolute Gasteiger partial charge is 0.497 e. The average Bonchev–Trinajstić information content (AvgIpc) is 3.43. The van der Waals surface area contributed by atoms with Crippen LogP contribution in [0.25, 0.3) is 0 Å². The van der Waals surface area contributed by atoms with Crippen molar-refractivity contribution in [2.24, 2.45) is 0 Å². The van der Waals surface area contributed by atoms with Crippen molar-refractivity contribution in [2.75, 3.05) is 20.7 Å². The van der Waals surface area contributed by atoms with Crippen molar-refractivity contribution in [1.29, 1.82) is 0 Å². The normalized spacial score (nSPS) is 12.7. The summed E-state index contributed by atoms with van der Waals surface area (Å²) in [5.41, 5.74) is 2.28. The average molecular weight is 623 g/mol. The number of amides is 2. The van der Waals surface area contributed by atoms with Crippen LogP contribution in [-0.2, 0) is 23.0 Å². The van der Waals surface area contributed by atoms with Gasteiger partial charge in [-0.15, -0.1) is 11.3 Å². The Balaban J connectivity index is 1.48. The monoisotopic (exact) mass is 622 g/mol. The van der Waals surface area contributed by atoms with Gasteiger partial charge in [-0.1, -0.05) is 42.5 Å². The van der Waals surface area contributed by atoms with Gasteiger partial charge in [0.2, 0.25) is 10.0 Å². The first-order valence-corrected chi connectivity index (χ1v) is 15.8. The van der Waals surface area contributed by atoms with Crippen LogP contribution in [0.4, 0.5) is 0 Å². The first kappa shape index (κ1) is 31.8. The van der Waals surface area contributed by atoms with Gasteiger partial charge in [0, 0.05) is 41.9 Å². The van der Waals surface area contributed by atoms with Crippen LogP contribution >= 0.6 is 11.3 Å². The molecular formula is C31H34N4O6S2. The van der Waals surface area contributed by atoms with E-state index in [0.29, 0.717) is 17.9 Å². The van der Waals surface area contributed by atoms with Gasteiger partial charge in [0.05, 0.1) is 30.7 Å². The van der Waals surface area contributed by atoms with E-state index in [1.54, 1.807) is 37.4 Å². The Labute approximate surface area is 255 Å². The van der Waals surface area contributed by atoms with E-state index in [2.05, 4.69) is 15.0 Å². The van der Waals surface area contributed by atoms with Crippen molar-refractivity contribution in [2.45, 2.75) is 36.9 Å². The molecule has 10 nitrogen and oxygen atoms in total. The number of ether oxygens (including phenoxy) is 1. The molecule has 0 spiro atoms. The SMILES string of the molecule is COc1cccc(S(=O)(=O)NC[C@@H](O)[C@H](Cc2ccccc2)NC(=O)c2cccc(C(=O)N(C)Cc3nc(C)cs3)c2)c1. The maximum absolute atomic E-state index is 13.4. The second-order valence-electron chi connectivity index (χ2n) is 9.99. The molecule has 0 saturated carbocycles. The fraction of sp³-hybridized carbons (Fsp3) is 0.258. The lowest BCUT2D eigenvalue weighted by atomic mass is 10.0. The highest BCUT2D eigenvalue weighted by Crippen LogP contribution is 2.18. The molecule has 2 amide bonds. The smallest absolute Gasteiger partial charge is 0.253 e. The lowest BCUT2D eigenvalue weighted by Gasteiger charge is -2.25. The minimum atomic E-state index is -3.97. The number of carbonyl (C=O) groups is 2. The molecule has 0 radical (unpaired) electrons. The van der Waals surface area contributed by atoms with Gasteiger partial charge in [-0.25, -0.2) is 18.1 Å². The number of methoxy groups -OCH3 is 1. The molecule has 0 aliphatic carbocycles. The Bertz CT molecular complexity index is 1660. The summed E-state index contributed by atoms with van der Waals surface area (Å²) in [6.07, 6.45) is -1.04. The van der Waals surface area contributed by atoms with Crippen molar-refractivity contribution in [3.05, 3.63) is 112 Å². The maximum atomic E-state index is 13.4. The molecule has 12 heteroatoms. The summed E-state index contributed by atoms with van der Waals surface area (Å²) >= 11 is 1.47. The van der Waals surface area contributed by atoms with E-state index >= 15 is 0 Å². The van der Waals surface area contributed by atoms with Gasteiger partial charge in [0.1, 0.15) is 10.8 Å². The molecule has 0 aliphatic heterocycles. The number of aryl methyl sites for hydroxylation is 1. The lowest BCUT2D eigenvalue weighted by Crippen LogP contribution is -2.49. The Morgan fingerprint density at radius 3 is 2.44 bits per heavy atom. The molecule has 226 valence electrons. The zero-order chi connectivity index (χ0) is 31.0. The fourth-order valence-electron chi connectivity index (χ4n) is 4.36. The molecule has 1 heterocycles. The summed E-state index contributed by atoms with van der Waals surface area (Å²) in [5, 5.41) is 16.7.